The van der Waals surface area contributed by atoms with Crippen LogP contribution in [0.25, 0.3) is 11.3 Å². The lowest BCUT2D eigenvalue weighted by Gasteiger charge is -2.25. The van der Waals surface area contributed by atoms with Gasteiger partial charge < -0.3 is 10.3 Å². The summed E-state index contributed by atoms with van der Waals surface area (Å²) >= 11 is 0. The van der Waals surface area contributed by atoms with Gasteiger partial charge in [0.2, 0.25) is 0 Å². The van der Waals surface area contributed by atoms with Crippen molar-refractivity contribution in [3.05, 3.63) is 42.4 Å². The second kappa shape index (κ2) is 5.80. The van der Waals surface area contributed by atoms with Gasteiger partial charge in [0.15, 0.2) is 0 Å². The van der Waals surface area contributed by atoms with Crippen LogP contribution in [0, 0.1) is 12.8 Å². The van der Waals surface area contributed by atoms with Crippen LogP contribution in [0.1, 0.15) is 37.3 Å². The van der Waals surface area contributed by atoms with Gasteiger partial charge in [-0.1, -0.05) is 37.1 Å². The van der Waals surface area contributed by atoms with E-state index in [4.69, 9.17) is 5.73 Å². The van der Waals surface area contributed by atoms with Crippen molar-refractivity contribution in [1.82, 2.24) is 9.55 Å². The minimum absolute atomic E-state index is 0.384. The van der Waals surface area contributed by atoms with E-state index < -0.39 is 0 Å². The Morgan fingerprint density at radius 1 is 1.30 bits per heavy atom. The van der Waals surface area contributed by atoms with E-state index in [-0.39, 0.29) is 0 Å². The van der Waals surface area contributed by atoms with Crippen LogP contribution in [0.3, 0.4) is 0 Å². The maximum atomic E-state index is 6.08. The zero-order valence-electron chi connectivity index (χ0n) is 12.1. The Hall–Kier alpha value is -1.61. The normalized spacial score (nSPS) is 17.5. The summed E-state index contributed by atoms with van der Waals surface area (Å²) in [5.74, 6) is 0.706. The molecule has 0 saturated heterocycles. The molecule has 0 spiro atoms. The molecule has 1 aliphatic rings. The van der Waals surface area contributed by atoms with E-state index in [1.807, 2.05) is 12.5 Å². The lowest BCUT2D eigenvalue weighted by Crippen LogP contribution is -2.25. The number of hydrogen-bond acceptors (Lipinski definition) is 2. The molecule has 1 fully saturated rings. The smallest absolute Gasteiger partial charge is 0.0954 e. The van der Waals surface area contributed by atoms with Crippen molar-refractivity contribution in [2.45, 2.75) is 38.6 Å². The molecule has 1 unspecified atom stereocenters. The molecule has 2 aromatic rings. The molecule has 0 amide bonds. The zero-order valence-corrected chi connectivity index (χ0v) is 12.1. The first-order valence-corrected chi connectivity index (χ1v) is 7.59. The van der Waals surface area contributed by atoms with Gasteiger partial charge in [-0.3, -0.25) is 0 Å². The highest BCUT2D eigenvalue weighted by atomic mass is 15.1. The molecule has 0 aliphatic heterocycles. The molecular formula is C17H23N3. The maximum absolute atomic E-state index is 6.08. The van der Waals surface area contributed by atoms with E-state index in [0.717, 1.165) is 0 Å². The SMILES string of the molecule is Cc1ccccc1-c1cncn1C(CN)C1CCCC1. The van der Waals surface area contributed by atoms with Crippen LogP contribution in [-0.4, -0.2) is 16.1 Å². The monoisotopic (exact) mass is 269 g/mol. The molecular weight excluding hydrogens is 246 g/mol. The quantitative estimate of drug-likeness (QED) is 0.922. The summed E-state index contributed by atoms with van der Waals surface area (Å²) in [6.45, 7) is 2.85. The Balaban J connectivity index is 1.99. The van der Waals surface area contributed by atoms with E-state index in [1.54, 1.807) is 0 Å². The van der Waals surface area contributed by atoms with Gasteiger partial charge >= 0.3 is 0 Å². The highest BCUT2D eigenvalue weighted by molar-refractivity contribution is 5.63. The van der Waals surface area contributed by atoms with Crippen LogP contribution in [0.5, 0.6) is 0 Å². The van der Waals surface area contributed by atoms with Gasteiger partial charge in [-0.25, -0.2) is 4.98 Å². The van der Waals surface area contributed by atoms with Gasteiger partial charge in [-0.05, 0) is 31.2 Å². The van der Waals surface area contributed by atoms with Gasteiger partial charge in [0, 0.05) is 12.1 Å². The summed E-state index contributed by atoms with van der Waals surface area (Å²) in [7, 11) is 0. The first-order chi connectivity index (χ1) is 9.81. The molecule has 1 aromatic heterocycles. The average molecular weight is 269 g/mol. The number of aryl methyl sites for hydroxylation is 1. The second-order valence-electron chi connectivity index (χ2n) is 5.85. The fraction of sp³-hybridized carbons (Fsp3) is 0.471. The number of hydrogen-bond donors (Lipinski definition) is 1. The summed E-state index contributed by atoms with van der Waals surface area (Å²) in [5, 5.41) is 0. The van der Waals surface area contributed by atoms with Crippen LogP contribution in [-0.2, 0) is 0 Å². The minimum atomic E-state index is 0.384. The van der Waals surface area contributed by atoms with Crippen molar-refractivity contribution in [2.24, 2.45) is 11.7 Å². The molecule has 1 aliphatic carbocycles. The third-order valence-electron chi connectivity index (χ3n) is 4.63. The molecule has 1 saturated carbocycles. The molecule has 3 heteroatoms. The summed E-state index contributed by atoms with van der Waals surface area (Å²) in [6.07, 6.45) is 9.21. The highest BCUT2D eigenvalue weighted by Crippen LogP contribution is 2.36. The van der Waals surface area contributed by atoms with Crippen molar-refractivity contribution in [2.75, 3.05) is 6.54 Å². The van der Waals surface area contributed by atoms with E-state index in [2.05, 4.69) is 40.7 Å². The van der Waals surface area contributed by atoms with E-state index >= 15 is 0 Å². The van der Waals surface area contributed by atoms with Crippen molar-refractivity contribution in [1.29, 1.82) is 0 Å². The second-order valence-corrected chi connectivity index (χ2v) is 5.85. The lowest BCUT2D eigenvalue weighted by atomic mass is 9.97. The number of aromatic nitrogens is 2. The van der Waals surface area contributed by atoms with E-state index in [0.29, 0.717) is 18.5 Å². The Labute approximate surface area is 120 Å². The lowest BCUT2D eigenvalue weighted by molar-refractivity contribution is 0.344. The van der Waals surface area contributed by atoms with Crippen molar-refractivity contribution in [3.63, 3.8) is 0 Å². The molecule has 1 atom stereocenters. The molecule has 1 heterocycles. The Kier molecular flexibility index (Phi) is 3.88. The fourth-order valence-corrected chi connectivity index (χ4v) is 3.51. The van der Waals surface area contributed by atoms with Crippen LogP contribution in [0.2, 0.25) is 0 Å². The van der Waals surface area contributed by atoms with Crippen LogP contribution in [0.4, 0.5) is 0 Å². The molecule has 0 radical (unpaired) electrons. The summed E-state index contributed by atoms with van der Waals surface area (Å²) in [5.41, 5.74) is 9.83. The number of benzene rings is 1. The molecule has 20 heavy (non-hydrogen) atoms. The largest absolute Gasteiger partial charge is 0.328 e. The standard InChI is InChI=1S/C17H23N3/c1-13-6-2-5-9-15(13)17-11-19-12-20(17)16(10-18)14-7-3-4-8-14/h2,5-6,9,11-12,14,16H,3-4,7-8,10,18H2,1H3. The van der Waals surface area contributed by atoms with Gasteiger partial charge in [-0.15, -0.1) is 0 Å². The Bertz CT molecular complexity index is 567. The summed E-state index contributed by atoms with van der Waals surface area (Å²) in [6, 6.07) is 8.88. The van der Waals surface area contributed by atoms with E-state index in [1.165, 1.54) is 42.5 Å². The van der Waals surface area contributed by atoms with Crippen molar-refractivity contribution >= 4 is 0 Å². The van der Waals surface area contributed by atoms with Gasteiger partial charge in [0.05, 0.1) is 24.3 Å². The number of nitrogens with zero attached hydrogens (tertiary/aromatic N) is 2. The Morgan fingerprint density at radius 2 is 2.05 bits per heavy atom. The minimum Gasteiger partial charge on any atom is -0.328 e. The van der Waals surface area contributed by atoms with Crippen molar-refractivity contribution in [3.8, 4) is 11.3 Å². The van der Waals surface area contributed by atoms with Gasteiger partial charge in [0.25, 0.3) is 0 Å². The third kappa shape index (κ3) is 2.38. The zero-order chi connectivity index (χ0) is 13.9. The van der Waals surface area contributed by atoms with Crippen LogP contribution in [0.15, 0.2) is 36.8 Å². The summed E-state index contributed by atoms with van der Waals surface area (Å²) in [4.78, 5) is 4.39. The molecule has 3 rings (SSSR count). The van der Waals surface area contributed by atoms with Gasteiger partial charge in [0.1, 0.15) is 0 Å². The molecule has 3 nitrogen and oxygen atoms in total. The Morgan fingerprint density at radius 3 is 2.75 bits per heavy atom. The topological polar surface area (TPSA) is 43.8 Å². The predicted octanol–water partition coefficient (Wildman–Crippen LogP) is 3.55. The first-order valence-electron chi connectivity index (χ1n) is 7.59. The predicted molar refractivity (Wildman–Crippen MR) is 82.4 cm³/mol. The number of nitrogens with two attached hydrogens (primary N) is 1. The molecule has 0 bridgehead atoms. The molecule has 1 aromatic carbocycles. The third-order valence-corrected chi connectivity index (χ3v) is 4.63. The maximum Gasteiger partial charge on any atom is 0.0954 e. The fourth-order valence-electron chi connectivity index (χ4n) is 3.51. The first kappa shape index (κ1) is 13.4. The molecule has 106 valence electrons. The number of rotatable bonds is 4. The number of imidazole rings is 1. The van der Waals surface area contributed by atoms with E-state index in [9.17, 15) is 0 Å². The molecule has 2 N–H and O–H groups in total. The highest BCUT2D eigenvalue weighted by Gasteiger charge is 2.26. The van der Waals surface area contributed by atoms with Gasteiger partial charge in [-0.2, -0.15) is 0 Å². The summed E-state index contributed by atoms with van der Waals surface area (Å²) < 4.78 is 2.30. The van der Waals surface area contributed by atoms with Crippen molar-refractivity contribution < 1.29 is 0 Å². The van der Waals surface area contributed by atoms with Crippen LogP contribution >= 0.6 is 0 Å². The van der Waals surface area contributed by atoms with Crippen LogP contribution < -0.4 is 5.73 Å². The average Bonchev–Trinajstić information content (AvgIpc) is 3.12.